The van der Waals surface area contributed by atoms with Crippen LogP contribution in [-0.2, 0) is 10.5 Å². The molecule has 0 aromatic heterocycles. The maximum absolute atomic E-state index is 12.6. The molecule has 0 atom stereocenters. The molecule has 25 heavy (non-hydrogen) atoms. The van der Waals surface area contributed by atoms with E-state index in [1.165, 1.54) is 17.8 Å². The van der Waals surface area contributed by atoms with E-state index in [2.05, 4.69) is 5.32 Å². The van der Waals surface area contributed by atoms with E-state index in [-0.39, 0.29) is 27.3 Å². The van der Waals surface area contributed by atoms with Crippen molar-refractivity contribution in [1.82, 2.24) is 0 Å². The monoisotopic (exact) mass is 398 g/mol. The minimum Gasteiger partial charge on any atom is -0.324 e. The van der Waals surface area contributed by atoms with E-state index in [4.69, 9.17) is 16.9 Å². The molecule has 3 nitrogen and oxygen atoms in total. The average molecular weight is 399 g/mol. The van der Waals surface area contributed by atoms with Crippen molar-refractivity contribution >= 4 is 46.7 Å². The van der Waals surface area contributed by atoms with Crippen molar-refractivity contribution in [2.75, 3.05) is 11.1 Å². The summed E-state index contributed by atoms with van der Waals surface area (Å²) in [5, 5.41) is 11.5. The van der Waals surface area contributed by atoms with Crippen LogP contribution in [0.2, 0.25) is 5.02 Å². The molecule has 0 heterocycles. The number of benzene rings is 2. The number of amides is 1. The highest BCUT2D eigenvalue weighted by Gasteiger charge is 2.15. The summed E-state index contributed by atoms with van der Waals surface area (Å²) in [7, 11) is 0. The van der Waals surface area contributed by atoms with Crippen LogP contribution in [0.3, 0.4) is 0 Å². The van der Waals surface area contributed by atoms with E-state index < -0.39 is 5.76 Å². The van der Waals surface area contributed by atoms with Gasteiger partial charge in [-0.15, -0.1) is 11.8 Å². The van der Waals surface area contributed by atoms with E-state index in [1.807, 2.05) is 18.2 Å². The SMILES string of the molecule is N#Cc1ccc(CSCC(=O)Nc2cccc(Cl)c2SC(F)F)cc1. The van der Waals surface area contributed by atoms with Crippen LogP contribution >= 0.6 is 35.1 Å². The highest BCUT2D eigenvalue weighted by Crippen LogP contribution is 2.37. The fourth-order valence-corrected chi connectivity index (χ4v) is 3.64. The van der Waals surface area contributed by atoms with Crippen molar-refractivity contribution in [2.45, 2.75) is 16.4 Å². The Kier molecular flexibility index (Phi) is 7.56. The van der Waals surface area contributed by atoms with Crippen molar-refractivity contribution in [2.24, 2.45) is 0 Å². The van der Waals surface area contributed by atoms with Gasteiger partial charge < -0.3 is 5.32 Å². The molecule has 0 saturated heterocycles. The molecule has 0 unspecified atom stereocenters. The molecular weight excluding hydrogens is 386 g/mol. The smallest absolute Gasteiger partial charge is 0.289 e. The van der Waals surface area contributed by atoms with Gasteiger partial charge in [-0.1, -0.05) is 41.6 Å². The molecule has 2 aromatic carbocycles. The molecule has 0 aliphatic rings. The Balaban J connectivity index is 1.90. The van der Waals surface area contributed by atoms with E-state index in [0.29, 0.717) is 23.1 Å². The highest BCUT2D eigenvalue weighted by atomic mass is 35.5. The molecule has 130 valence electrons. The summed E-state index contributed by atoms with van der Waals surface area (Å²) in [6.07, 6.45) is 0. The third kappa shape index (κ3) is 6.24. The maximum atomic E-state index is 12.6. The van der Waals surface area contributed by atoms with E-state index in [0.717, 1.165) is 5.56 Å². The molecule has 0 aliphatic carbocycles. The van der Waals surface area contributed by atoms with Gasteiger partial charge in [0.2, 0.25) is 5.91 Å². The quantitative estimate of drug-likeness (QED) is 0.634. The van der Waals surface area contributed by atoms with Crippen LogP contribution in [-0.4, -0.2) is 17.4 Å². The maximum Gasteiger partial charge on any atom is 0.289 e. The number of nitrogens with one attached hydrogen (secondary N) is 1. The Hall–Kier alpha value is -1.75. The summed E-state index contributed by atoms with van der Waals surface area (Å²) in [6, 6.07) is 13.8. The number of carbonyl (C=O) groups excluding carboxylic acids is 1. The largest absolute Gasteiger partial charge is 0.324 e. The molecule has 2 rings (SSSR count). The molecule has 1 amide bonds. The predicted molar refractivity (Wildman–Crippen MR) is 99.3 cm³/mol. The summed E-state index contributed by atoms with van der Waals surface area (Å²) in [5.74, 6) is -2.14. The van der Waals surface area contributed by atoms with Crippen LogP contribution in [0.1, 0.15) is 11.1 Å². The van der Waals surface area contributed by atoms with Gasteiger partial charge >= 0.3 is 0 Å². The van der Waals surface area contributed by atoms with Crippen LogP contribution in [0.15, 0.2) is 47.4 Å². The Morgan fingerprint density at radius 1 is 1.24 bits per heavy atom. The van der Waals surface area contributed by atoms with Crippen LogP contribution in [0, 0.1) is 11.3 Å². The van der Waals surface area contributed by atoms with Gasteiger partial charge in [0, 0.05) is 5.75 Å². The minimum atomic E-state index is -2.62. The zero-order valence-electron chi connectivity index (χ0n) is 12.8. The minimum absolute atomic E-state index is 0.157. The molecule has 8 heteroatoms. The summed E-state index contributed by atoms with van der Waals surface area (Å²) >= 11 is 7.63. The van der Waals surface area contributed by atoms with Crippen LogP contribution in [0.4, 0.5) is 14.5 Å². The fourth-order valence-electron chi connectivity index (χ4n) is 1.94. The first kappa shape index (κ1) is 19.6. The molecule has 0 aliphatic heterocycles. The first-order valence-electron chi connectivity index (χ1n) is 7.09. The van der Waals surface area contributed by atoms with Gasteiger partial charge in [0.05, 0.1) is 33.0 Å². The van der Waals surface area contributed by atoms with Crippen molar-refractivity contribution in [3.8, 4) is 6.07 Å². The van der Waals surface area contributed by atoms with Gasteiger partial charge in [-0.2, -0.15) is 14.0 Å². The number of halogens is 3. The Morgan fingerprint density at radius 3 is 2.60 bits per heavy atom. The lowest BCUT2D eigenvalue weighted by atomic mass is 10.2. The lowest BCUT2D eigenvalue weighted by Crippen LogP contribution is -2.15. The van der Waals surface area contributed by atoms with Crippen molar-refractivity contribution < 1.29 is 13.6 Å². The number of carbonyl (C=O) groups is 1. The molecule has 2 aromatic rings. The Morgan fingerprint density at radius 2 is 1.96 bits per heavy atom. The van der Waals surface area contributed by atoms with Gasteiger partial charge in [0.25, 0.3) is 5.76 Å². The van der Waals surface area contributed by atoms with Crippen LogP contribution in [0.5, 0.6) is 0 Å². The van der Waals surface area contributed by atoms with Crippen molar-refractivity contribution in [3.05, 3.63) is 58.6 Å². The normalized spacial score (nSPS) is 10.5. The number of hydrogen-bond acceptors (Lipinski definition) is 4. The summed E-state index contributed by atoms with van der Waals surface area (Å²) < 4.78 is 25.3. The lowest BCUT2D eigenvalue weighted by Gasteiger charge is -2.12. The number of rotatable bonds is 7. The fraction of sp³-hybridized carbons (Fsp3) is 0.176. The number of thioether (sulfide) groups is 2. The first-order valence-corrected chi connectivity index (χ1v) is 9.51. The molecule has 0 radical (unpaired) electrons. The molecule has 0 spiro atoms. The van der Waals surface area contributed by atoms with Gasteiger partial charge in [-0.05, 0) is 29.8 Å². The predicted octanol–water partition coefficient (Wildman–Crippen LogP) is 5.40. The summed E-state index contributed by atoms with van der Waals surface area (Å²) in [4.78, 5) is 12.2. The van der Waals surface area contributed by atoms with Gasteiger partial charge in [0.1, 0.15) is 0 Å². The second kappa shape index (κ2) is 9.66. The van der Waals surface area contributed by atoms with Gasteiger partial charge in [-0.25, -0.2) is 0 Å². The summed E-state index contributed by atoms with van der Waals surface area (Å²) in [5.41, 5.74) is 1.85. The standard InChI is InChI=1S/C17H13ClF2N2OS2/c18-13-2-1-3-14(16(13)25-17(19)20)22-15(23)10-24-9-12-6-4-11(8-21)5-7-12/h1-7,17H,9-10H2,(H,22,23). The zero-order valence-corrected chi connectivity index (χ0v) is 15.2. The van der Waals surface area contributed by atoms with Gasteiger partial charge in [0.15, 0.2) is 0 Å². The molecular formula is C17H13ClF2N2OS2. The Bertz CT molecular complexity index is 779. The number of anilines is 1. The van der Waals surface area contributed by atoms with E-state index in [9.17, 15) is 13.6 Å². The van der Waals surface area contributed by atoms with Gasteiger partial charge in [-0.3, -0.25) is 4.79 Å². The highest BCUT2D eigenvalue weighted by molar-refractivity contribution is 8.00. The summed E-state index contributed by atoms with van der Waals surface area (Å²) in [6.45, 7) is 0. The topological polar surface area (TPSA) is 52.9 Å². The number of nitriles is 1. The van der Waals surface area contributed by atoms with Crippen LogP contribution < -0.4 is 5.32 Å². The van der Waals surface area contributed by atoms with Crippen LogP contribution in [0.25, 0.3) is 0 Å². The number of alkyl halides is 2. The van der Waals surface area contributed by atoms with E-state index >= 15 is 0 Å². The van der Waals surface area contributed by atoms with E-state index in [1.54, 1.807) is 24.3 Å². The molecule has 1 N–H and O–H groups in total. The first-order chi connectivity index (χ1) is 12.0. The number of nitrogens with zero attached hydrogens (tertiary/aromatic N) is 1. The third-order valence-electron chi connectivity index (χ3n) is 3.03. The lowest BCUT2D eigenvalue weighted by molar-refractivity contribution is -0.113. The second-order valence-electron chi connectivity index (χ2n) is 4.84. The number of hydrogen-bond donors (Lipinski definition) is 1. The van der Waals surface area contributed by atoms with Crippen molar-refractivity contribution in [3.63, 3.8) is 0 Å². The molecule has 0 bridgehead atoms. The molecule has 0 saturated carbocycles. The zero-order chi connectivity index (χ0) is 18.2. The third-order valence-corrected chi connectivity index (χ3v) is 5.32. The molecule has 0 fully saturated rings. The average Bonchev–Trinajstić information content (AvgIpc) is 2.58. The second-order valence-corrected chi connectivity index (χ2v) is 7.24. The Labute approximate surface area is 157 Å². The van der Waals surface area contributed by atoms with Crippen molar-refractivity contribution in [1.29, 1.82) is 5.26 Å².